The lowest BCUT2D eigenvalue weighted by atomic mass is 10.1. The standard InChI is InChI=1S/C16H9F3N4O2S/c17-16(18,19)13-3-1-2-11(21-13)9-4-5-12-10(6-9)8-20-23(12)15-7-14(24)22-26(15)25/h1-8H,(H,22,24). The fraction of sp³-hybridized carbons (Fsp3) is 0.0625. The highest BCUT2D eigenvalue weighted by Gasteiger charge is 2.32. The van der Waals surface area contributed by atoms with Gasteiger partial charge in [-0.1, -0.05) is 12.1 Å². The summed E-state index contributed by atoms with van der Waals surface area (Å²) >= 11 is 0. The van der Waals surface area contributed by atoms with Gasteiger partial charge >= 0.3 is 6.18 Å². The van der Waals surface area contributed by atoms with Gasteiger partial charge in [0.2, 0.25) is 0 Å². The third kappa shape index (κ3) is 2.77. The van der Waals surface area contributed by atoms with E-state index in [0.717, 1.165) is 6.07 Å². The van der Waals surface area contributed by atoms with Crippen LogP contribution in [0.1, 0.15) is 5.69 Å². The van der Waals surface area contributed by atoms with Crippen LogP contribution in [0.25, 0.3) is 27.2 Å². The predicted molar refractivity (Wildman–Crippen MR) is 88.5 cm³/mol. The van der Waals surface area contributed by atoms with E-state index in [1.54, 1.807) is 18.2 Å². The van der Waals surface area contributed by atoms with Gasteiger partial charge in [-0.05, 0) is 24.3 Å². The van der Waals surface area contributed by atoms with Crippen LogP contribution in [0.5, 0.6) is 0 Å². The summed E-state index contributed by atoms with van der Waals surface area (Å²) in [5.74, 6) is -0.480. The van der Waals surface area contributed by atoms with Crippen molar-refractivity contribution in [3.8, 4) is 11.3 Å². The third-order valence-electron chi connectivity index (χ3n) is 3.75. The molecule has 10 heteroatoms. The molecule has 0 aliphatic carbocycles. The van der Waals surface area contributed by atoms with E-state index >= 15 is 0 Å². The van der Waals surface area contributed by atoms with Crippen LogP contribution in [0.2, 0.25) is 0 Å². The number of aromatic nitrogens is 3. The maximum Gasteiger partial charge on any atom is 0.433 e. The van der Waals surface area contributed by atoms with Crippen molar-refractivity contribution in [1.29, 1.82) is 0 Å². The van der Waals surface area contributed by atoms with Crippen LogP contribution in [0.15, 0.2) is 48.7 Å². The van der Waals surface area contributed by atoms with Gasteiger partial charge in [-0.25, -0.2) is 13.9 Å². The number of hydrogen-bond acceptors (Lipinski definition) is 4. The number of rotatable bonds is 2. The minimum atomic E-state index is -4.52. The first-order valence-corrected chi connectivity index (χ1v) is 8.45. The molecule has 1 aliphatic heterocycles. The highest BCUT2D eigenvalue weighted by molar-refractivity contribution is 7.93. The summed E-state index contributed by atoms with van der Waals surface area (Å²) in [7, 11) is -1.71. The van der Waals surface area contributed by atoms with Crippen LogP contribution in [-0.4, -0.2) is 24.9 Å². The van der Waals surface area contributed by atoms with Crippen molar-refractivity contribution in [1.82, 2.24) is 19.5 Å². The van der Waals surface area contributed by atoms with Gasteiger partial charge < -0.3 is 0 Å². The van der Waals surface area contributed by atoms with Crippen molar-refractivity contribution in [2.24, 2.45) is 0 Å². The lowest BCUT2D eigenvalue weighted by Crippen LogP contribution is -2.17. The van der Waals surface area contributed by atoms with Gasteiger partial charge in [-0.15, -0.1) is 0 Å². The fourth-order valence-corrected chi connectivity index (χ4v) is 3.46. The van der Waals surface area contributed by atoms with Gasteiger partial charge in [0, 0.05) is 17.0 Å². The predicted octanol–water partition coefficient (Wildman–Crippen LogP) is 2.71. The zero-order chi connectivity index (χ0) is 18.5. The monoisotopic (exact) mass is 378 g/mol. The number of pyridine rings is 1. The Hall–Kier alpha value is -3.01. The number of nitrogens with one attached hydrogen (secondary N) is 1. The Bertz CT molecular complexity index is 1100. The van der Waals surface area contributed by atoms with E-state index in [1.165, 1.54) is 29.1 Å². The Balaban J connectivity index is 1.78. The molecule has 0 radical (unpaired) electrons. The van der Waals surface area contributed by atoms with Crippen molar-refractivity contribution in [3.63, 3.8) is 0 Å². The molecule has 1 atom stereocenters. The summed E-state index contributed by atoms with van der Waals surface area (Å²) in [6.45, 7) is 0. The molecule has 3 aromatic rings. The Morgan fingerprint density at radius 2 is 1.96 bits per heavy atom. The molecular weight excluding hydrogens is 369 g/mol. The van der Waals surface area contributed by atoms with Crippen LogP contribution < -0.4 is 4.72 Å². The lowest BCUT2D eigenvalue weighted by Gasteiger charge is -2.08. The third-order valence-corrected chi connectivity index (χ3v) is 4.81. The van der Waals surface area contributed by atoms with E-state index in [-0.39, 0.29) is 10.7 Å². The zero-order valence-corrected chi connectivity index (χ0v) is 13.6. The molecule has 1 aliphatic rings. The summed E-state index contributed by atoms with van der Waals surface area (Å²) < 4.78 is 54.0. The Morgan fingerprint density at radius 1 is 1.15 bits per heavy atom. The number of benzene rings is 1. The van der Waals surface area contributed by atoms with E-state index < -0.39 is 28.8 Å². The summed E-state index contributed by atoms with van der Waals surface area (Å²) in [4.78, 5) is 15.0. The van der Waals surface area contributed by atoms with Crippen LogP contribution in [0, 0.1) is 0 Å². The van der Waals surface area contributed by atoms with E-state index in [0.29, 0.717) is 16.5 Å². The molecule has 1 aromatic carbocycles. The zero-order valence-electron chi connectivity index (χ0n) is 12.8. The number of carbonyl (C=O) groups excluding carboxylic acids is 1. The quantitative estimate of drug-likeness (QED) is 0.744. The Labute approximate surface area is 146 Å². The first-order chi connectivity index (χ1) is 12.3. The number of hydrogen-bond donors (Lipinski definition) is 1. The first kappa shape index (κ1) is 16.5. The molecule has 26 heavy (non-hydrogen) atoms. The van der Waals surface area contributed by atoms with E-state index in [9.17, 15) is 22.2 Å². The highest BCUT2D eigenvalue weighted by atomic mass is 32.2. The average Bonchev–Trinajstić information content (AvgIpc) is 3.16. The van der Waals surface area contributed by atoms with Gasteiger partial charge in [0.25, 0.3) is 5.91 Å². The minimum Gasteiger partial charge on any atom is -0.269 e. The van der Waals surface area contributed by atoms with Gasteiger partial charge in [0.05, 0.1) is 17.4 Å². The molecule has 0 saturated carbocycles. The molecule has 0 bridgehead atoms. The molecule has 2 aromatic heterocycles. The van der Waals surface area contributed by atoms with Crippen molar-refractivity contribution in [2.45, 2.75) is 6.18 Å². The average molecular weight is 378 g/mol. The number of alkyl halides is 3. The van der Waals surface area contributed by atoms with Crippen molar-refractivity contribution in [3.05, 3.63) is 54.4 Å². The molecule has 3 heterocycles. The minimum absolute atomic E-state index is 0.176. The van der Waals surface area contributed by atoms with Gasteiger partial charge in [0.1, 0.15) is 5.69 Å². The number of nitrogens with zero attached hydrogens (tertiary/aromatic N) is 3. The van der Waals surface area contributed by atoms with Crippen molar-refractivity contribution >= 4 is 32.8 Å². The molecule has 132 valence electrons. The second kappa shape index (κ2) is 5.77. The first-order valence-electron chi connectivity index (χ1n) is 7.30. The molecular formula is C16H9F3N4O2S. The molecule has 6 nitrogen and oxygen atoms in total. The molecule has 0 fully saturated rings. The molecule has 0 saturated heterocycles. The number of fused-ring (bicyclic) bond motifs is 1. The maximum absolute atomic E-state index is 12.8. The van der Waals surface area contributed by atoms with Gasteiger partial charge in [-0.2, -0.15) is 18.3 Å². The summed E-state index contributed by atoms with van der Waals surface area (Å²) in [6, 6.07) is 8.54. The van der Waals surface area contributed by atoms with E-state index in [1.807, 2.05) is 0 Å². The van der Waals surface area contributed by atoms with Crippen LogP contribution in [0.3, 0.4) is 0 Å². The smallest absolute Gasteiger partial charge is 0.269 e. The fourth-order valence-electron chi connectivity index (χ4n) is 2.60. The van der Waals surface area contributed by atoms with Crippen LogP contribution in [0.4, 0.5) is 13.2 Å². The largest absolute Gasteiger partial charge is 0.433 e. The molecule has 4 rings (SSSR count). The number of amides is 1. The van der Waals surface area contributed by atoms with Crippen molar-refractivity contribution < 1.29 is 22.2 Å². The Morgan fingerprint density at radius 3 is 2.65 bits per heavy atom. The number of carbonyl (C=O) groups is 1. The van der Waals surface area contributed by atoms with E-state index in [4.69, 9.17) is 0 Å². The molecule has 1 N–H and O–H groups in total. The van der Waals surface area contributed by atoms with Gasteiger partial charge in [-0.3, -0.25) is 9.52 Å². The van der Waals surface area contributed by atoms with Crippen LogP contribution in [-0.2, 0) is 22.0 Å². The number of halogens is 3. The second-order valence-electron chi connectivity index (χ2n) is 5.45. The normalized spacial score (nSPS) is 17.4. The highest BCUT2D eigenvalue weighted by Crippen LogP contribution is 2.31. The second-order valence-corrected chi connectivity index (χ2v) is 6.61. The molecule has 1 unspecified atom stereocenters. The topological polar surface area (TPSA) is 76.9 Å². The lowest BCUT2D eigenvalue weighted by molar-refractivity contribution is -0.141. The summed E-state index contributed by atoms with van der Waals surface area (Å²) in [5, 5.41) is 4.92. The molecule has 1 amide bonds. The Kier molecular flexibility index (Phi) is 3.65. The molecule has 0 spiro atoms. The van der Waals surface area contributed by atoms with E-state index in [2.05, 4.69) is 14.8 Å². The van der Waals surface area contributed by atoms with Crippen LogP contribution >= 0.6 is 0 Å². The summed E-state index contributed by atoms with van der Waals surface area (Å²) in [5.41, 5.74) is 0.257. The van der Waals surface area contributed by atoms with Gasteiger partial charge in [0.15, 0.2) is 16.0 Å². The van der Waals surface area contributed by atoms with Crippen molar-refractivity contribution in [2.75, 3.05) is 0 Å². The summed E-state index contributed by atoms with van der Waals surface area (Å²) in [6.07, 6.45) is -1.86. The maximum atomic E-state index is 12.8. The SMILES string of the molecule is O=C1C=C(n2ncc3cc(-c4cccc(C(F)(F)F)n4)ccc32)S(=O)N1.